The summed E-state index contributed by atoms with van der Waals surface area (Å²) in [6.07, 6.45) is 3.69. The van der Waals surface area contributed by atoms with Gasteiger partial charge in [-0.05, 0) is 98.8 Å². The first-order valence-electron chi connectivity index (χ1n) is 20.3. The van der Waals surface area contributed by atoms with Gasteiger partial charge >= 0.3 is 34.1 Å². The van der Waals surface area contributed by atoms with Crippen molar-refractivity contribution in [1.82, 2.24) is 19.9 Å². The first-order valence-corrected chi connectivity index (χ1v) is 20.3. The van der Waals surface area contributed by atoms with Crippen molar-refractivity contribution in [3.8, 4) is 22.3 Å². The number of aromatic nitrogens is 4. The molecule has 5 heterocycles. The van der Waals surface area contributed by atoms with Crippen molar-refractivity contribution in [3.63, 3.8) is 0 Å². The minimum absolute atomic E-state index is 0. The van der Waals surface area contributed by atoms with Crippen LogP contribution in [0.25, 0.3) is 66.6 Å². The number of allylic oxidation sites excluding steroid dienone is 4. The molecule has 4 aromatic carbocycles. The van der Waals surface area contributed by atoms with Gasteiger partial charge < -0.3 is 9.97 Å². The number of aromatic amines is 2. The van der Waals surface area contributed by atoms with Crippen LogP contribution < -0.4 is 0 Å². The van der Waals surface area contributed by atoms with Crippen LogP contribution in [0.4, 0.5) is 0 Å². The molecule has 6 heteroatoms. The van der Waals surface area contributed by atoms with E-state index in [4.69, 9.17) is 9.97 Å². The number of H-pyrrole nitrogens is 2. The second-order valence-corrected chi connectivity index (χ2v) is 14.7. The maximum Gasteiger partial charge on any atom is 2.00 e. The molecule has 2 N–H and O–H groups in total. The molecule has 298 valence electrons. The van der Waals surface area contributed by atoms with E-state index in [0.29, 0.717) is 0 Å². The standard InChI is InChI=1S/C42H44N4.2C5H5.2Fe/c1-9-29-23(5)39-37(27-17-13-14-18-27)40-25(7)31(11-3)35(45-40)22-36-32(12-4)26(8)42(46-36)38(28-19-15-16-20-28)41-24(6)30(10-2)34(44-41)21-33(29)43-39;2*1-2-4-5-3-1;;/h13-22,43,45H,9-12H2,1-8H3;2*1-5H;;/q-2;2*-1;2*+2. The van der Waals surface area contributed by atoms with Gasteiger partial charge in [0.1, 0.15) is 0 Å². The Balaban J connectivity index is 0.000000467. The average Bonchev–Trinajstić information content (AvgIpc) is 4.05. The van der Waals surface area contributed by atoms with E-state index in [0.717, 1.165) is 65.1 Å². The third kappa shape index (κ3) is 8.44. The predicted molar refractivity (Wildman–Crippen MR) is 241 cm³/mol. The fraction of sp³-hybridized carbons (Fsp3) is 0.231. The van der Waals surface area contributed by atoms with Gasteiger partial charge in [-0.2, -0.15) is 60.7 Å². The first kappa shape index (κ1) is 44.1. The minimum atomic E-state index is 0. The maximum atomic E-state index is 5.46. The molecule has 3 aromatic heterocycles. The Bertz CT molecular complexity index is 2460. The smallest absolute Gasteiger partial charge is 0.386 e. The number of rotatable bonds is 6. The molecule has 0 radical (unpaired) electrons. The molecule has 4 nitrogen and oxygen atoms in total. The molecule has 0 saturated carbocycles. The molecule has 0 atom stereocenters. The summed E-state index contributed by atoms with van der Waals surface area (Å²) in [6, 6.07) is 42.0. The van der Waals surface area contributed by atoms with E-state index in [9.17, 15) is 0 Å². The zero-order valence-corrected chi connectivity index (χ0v) is 37.2. The zero-order valence-electron chi connectivity index (χ0n) is 35.0. The van der Waals surface area contributed by atoms with E-state index < -0.39 is 0 Å². The van der Waals surface area contributed by atoms with Crippen LogP contribution in [0.5, 0.6) is 0 Å². The van der Waals surface area contributed by atoms with Crippen molar-refractivity contribution in [2.75, 3.05) is 0 Å². The summed E-state index contributed by atoms with van der Waals surface area (Å²) in [5.74, 6) is 0. The van der Waals surface area contributed by atoms with E-state index in [1.54, 1.807) is 0 Å². The van der Waals surface area contributed by atoms with Crippen LogP contribution in [-0.4, -0.2) is 19.9 Å². The van der Waals surface area contributed by atoms with Gasteiger partial charge in [-0.3, -0.25) is 9.97 Å². The molecule has 8 bridgehead atoms. The van der Waals surface area contributed by atoms with Crippen molar-refractivity contribution < 1.29 is 34.1 Å². The van der Waals surface area contributed by atoms with Crippen LogP contribution in [-0.2, 0) is 47.0 Å². The normalized spacial score (nSPS) is 12.0. The monoisotopic (exact) mass is 846 g/mol. The summed E-state index contributed by atoms with van der Waals surface area (Å²) < 4.78 is 0. The van der Waals surface area contributed by atoms with Crippen LogP contribution in [0.3, 0.4) is 0 Å². The van der Waals surface area contributed by atoms with Crippen molar-refractivity contribution in [2.45, 2.75) is 81.1 Å². The quantitative estimate of drug-likeness (QED) is 0.129. The number of aryl methyl sites for hydroxylation is 4. The molecular formula is C52H54Fe2N4. The topological polar surface area (TPSA) is 57.4 Å². The Morgan fingerprint density at radius 3 is 1.17 bits per heavy atom. The van der Waals surface area contributed by atoms with Crippen LogP contribution >= 0.6 is 0 Å². The van der Waals surface area contributed by atoms with Crippen LogP contribution in [0.15, 0.2) is 121 Å². The Kier molecular flexibility index (Phi) is 15.0. The Morgan fingerprint density at radius 2 is 0.862 bits per heavy atom. The van der Waals surface area contributed by atoms with Crippen molar-refractivity contribution in [3.05, 3.63) is 166 Å². The second-order valence-electron chi connectivity index (χ2n) is 14.7. The Hall–Kier alpha value is -4.96. The predicted octanol–water partition coefficient (Wildman–Crippen LogP) is 14.3. The summed E-state index contributed by atoms with van der Waals surface area (Å²) in [5, 5.41) is 0. The molecule has 0 unspecified atom stereocenters. The number of hydrogen-bond acceptors (Lipinski definition) is 2. The van der Waals surface area contributed by atoms with Crippen LogP contribution in [0, 0.1) is 13.8 Å². The molecule has 0 saturated heterocycles. The van der Waals surface area contributed by atoms with Gasteiger partial charge in [0.2, 0.25) is 0 Å². The Labute approximate surface area is 366 Å². The maximum absolute atomic E-state index is 5.46. The van der Waals surface area contributed by atoms with E-state index in [1.807, 2.05) is 60.7 Å². The average molecular weight is 847 g/mol. The molecule has 0 aliphatic carbocycles. The molecule has 0 fully saturated rings. The largest absolute Gasteiger partial charge is 2.00 e. The molecule has 0 amide bonds. The fourth-order valence-electron chi connectivity index (χ4n) is 8.60. The Morgan fingerprint density at radius 1 is 0.500 bits per heavy atom. The number of nitrogens with zero attached hydrogens (tertiary/aromatic N) is 2. The number of nitrogens with one attached hydrogen (secondary N) is 2. The van der Waals surface area contributed by atoms with Gasteiger partial charge in [0.15, 0.2) is 0 Å². The van der Waals surface area contributed by atoms with Crippen LogP contribution in [0.1, 0.15) is 99.4 Å². The number of fused-ring (bicyclic) bond motifs is 8. The third-order valence-corrected chi connectivity index (χ3v) is 11.5. The van der Waals surface area contributed by atoms with E-state index in [-0.39, 0.29) is 34.1 Å². The molecule has 7 aromatic rings. The summed E-state index contributed by atoms with van der Waals surface area (Å²) in [4.78, 5) is 18.8. The van der Waals surface area contributed by atoms with Crippen molar-refractivity contribution >= 4 is 44.4 Å². The van der Waals surface area contributed by atoms with Gasteiger partial charge in [0.25, 0.3) is 0 Å². The van der Waals surface area contributed by atoms with Crippen molar-refractivity contribution in [1.29, 1.82) is 0 Å². The van der Waals surface area contributed by atoms with Gasteiger partial charge in [-0.25, -0.2) is 24.3 Å². The second kappa shape index (κ2) is 19.7. The van der Waals surface area contributed by atoms with Crippen LogP contribution in [0.2, 0.25) is 0 Å². The summed E-state index contributed by atoms with van der Waals surface area (Å²) in [6.45, 7) is 18.0. The van der Waals surface area contributed by atoms with Gasteiger partial charge in [0, 0.05) is 22.4 Å². The summed E-state index contributed by atoms with van der Waals surface area (Å²) >= 11 is 0. The zero-order chi connectivity index (χ0) is 39.3. The molecule has 9 rings (SSSR count). The van der Waals surface area contributed by atoms with Gasteiger partial charge in [0.05, 0.1) is 11.4 Å². The molecule has 58 heavy (non-hydrogen) atoms. The van der Waals surface area contributed by atoms with E-state index in [1.165, 1.54) is 72.3 Å². The molecule has 2 aliphatic rings. The van der Waals surface area contributed by atoms with E-state index in [2.05, 4.69) is 126 Å². The van der Waals surface area contributed by atoms with Crippen molar-refractivity contribution in [2.24, 2.45) is 0 Å². The fourth-order valence-corrected chi connectivity index (χ4v) is 8.60. The number of hydrogen-bond donors (Lipinski definition) is 2. The minimum Gasteiger partial charge on any atom is -0.386 e. The molecular weight excluding hydrogens is 792 g/mol. The first-order chi connectivity index (χ1) is 27.3. The molecule has 2 aliphatic heterocycles. The van der Waals surface area contributed by atoms with Gasteiger partial charge in [-0.1, -0.05) is 72.2 Å². The SMILES string of the molecule is CCC1=C(C)c2nc1cc1[nH]c(c(C)c1CC)c(-[c-]1cccc1)c1[nH]c(cc3nc(c2-[c-]2cccc2)C(C)=C3CC)c(CC)c1C.[Fe+2].[Fe+2].c1cc[cH-]c1.c1cc[cH-]c1. The molecule has 0 spiro atoms. The third-order valence-electron chi connectivity index (χ3n) is 11.5. The summed E-state index contributed by atoms with van der Waals surface area (Å²) in [5.41, 5.74) is 23.8. The summed E-state index contributed by atoms with van der Waals surface area (Å²) in [7, 11) is 0. The van der Waals surface area contributed by atoms with Gasteiger partial charge in [-0.15, -0.1) is 24.3 Å². The van der Waals surface area contributed by atoms with E-state index >= 15 is 0 Å².